The van der Waals surface area contributed by atoms with Crippen molar-refractivity contribution >= 4 is 23.7 Å². The molecule has 0 saturated carbocycles. The van der Waals surface area contributed by atoms with Gasteiger partial charge in [-0.2, -0.15) is 0 Å². The number of ether oxygens (including phenoxy) is 4. The Morgan fingerprint density at radius 2 is 1.06 bits per heavy atom. The summed E-state index contributed by atoms with van der Waals surface area (Å²) in [5.41, 5.74) is 9.19. The molecule has 7 nitrogen and oxygen atoms in total. The minimum Gasteiger partial charge on any atom is -0.490 e. The van der Waals surface area contributed by atoms with E-state index in [-0.39, 0.29) is 18.0 Å². The lowest BCUT2D eigenvalue weighted by Gasteiger charge is -2.13. The molecule has 0 heterocycles. The van der Waals surface area contributed by atoms with E-state index in [0.717, 1.165) is 41.5 Å². The first kappa shape index (κ1) is 34.7. The molecular formula is C40H43NO6. The van der Waals surface area contributed by atoms with Crippen LogP contribution in [0.3, 0.4) is 0 Å². The molecule has 4 aromatic rings. The maximum absolute atomic E-state index is 12.7. The van der Waals surface area contributed by atoms with Gasteiger partial charge in [0.25, 0.3) is 0 Å². The highest BCUT2D eigenvalue weighted by atomic mass is 16.5. The number of ketones is 2. The normalized spacial score (nSPS) is 11.1. The minimum absolute atomic E-state index is 0.250. The van der Waals surface area contributed by atoms with Crippen LogP contribution >= 0.6 is 0 Å². The van der Waals surface area contributed by atoms with E-state index >= 15 is 0 Å². The van der Waals surface area contributed by atoms with Gasteiger partial charge in [-0.05, 0) is 78.1 Å². The highest BCUT2D eigenvalue weighted by molar-refractivity contribution is 6.10. The summed E-state index contributed by atoms with van der Waals surface area (Å²) in [7, 11) is 0. The molecule has 0 radical (unpaired) electrons. The minimum atomic E-state index is -0.304. The first-order valence-corrected chi connectivity index (χ1v) is 16.0. The molecule has 0 atom stereocenters. The Labute approximate surface area is 277 Å². The summed E-state index contributed by atoms with van der Waals surface area (Å²) in [6, 6.07) is 30.8. The van der Waals surface area contributed by atoms with E-state index < -0.39 is 0 Å². The van der Waals surface area contributed by atoms with Crippen LogP contribution in [0, 0.1) is 0 Å². The molecule has 0 amide bonds. The van der Waals surface area contributed by atoms with Crippen molar-refractivity contribution in [2.75, 3.05) is 19.8 Å². The molecule has 4 aromatic carbocycles. The van der Waals surface area contributed by atoms with Gasteiger partial charge in [-0.3, -0.25) is 9.59 Å². The van der Waals surface area contributed by atoms with Crippen molar-refractivity contribution in [3.63, 3.8) is 0 Å². The van der Waals surface area contributed by atoms with Crippen LogP contribution in [0.15, 0.2) is 109 Å². The van der Waals surface area contributed by atoms with Gasteiger partial charge in [0.1, 0.15) is 13.2 Å². The molecule has 4 rings (SSSR count). The first-order valence-electron chi connectivity index (χ1n) is 16.0. The lowest BCUT2D eigenvalue weighted by molar-refractivity contribution is -0.121. The van der Waals surface area contributed by atoms with Gasteiger partial charge in [-0.15, -0.1) is 0 Å². The van der Waals surface area contributed by atoms with Crippen LogP contribution in [0.25, 0.3) is 12.2 Å². The van der Waals surface area contributed by atoms with Crippen molar-refractivity contribution in [3.8, 4) is 23.0 Å². The largest absolute Gasteiger partial charge is 0.490 e. The van der Waals surface area contributed by atoms with E-state index in [4.69, 9.17) is 24.7 Å². The number of carbonyl (C=O) groups is 2. The molecule has 0 fully saturated rings. The lowest BCUT2D eigenvalue weighted by Crippen LogP contribution is -2.07. The fourth-order valence-electron chi connectivity index (χ4n) is 4.45. The maximum atomic E-state index is 12.7. The van der Waals surface area contributed by atoms with E-state index in [9.17, 15) is 9.59 Å². The zero-order chi connectivity index (χ0) is 33.1. The molecule has 0 spiro atoms. The highest BCUT2D eigenvalue weighted by Crippen LogP contribution is 2.31. The first-order chi connectivity index (χ1) is 23.0. The molecule has 2 N–H and O–H groups in total. The van der Waals surface area contributed by atoms with Crippen LogP contribution in [-0.4, -0.2) is 31.3 Å². The highest BCUT2D eigenvalue weighted by Gasteiger charge is 2.10. The van der Waals surface area contributed by atoms with Crippen molar-refractivity contribution < 1.29 is 28.5 Å². The molecule has 0 aromatic heterocycles. The van der Waals surface area contributed by atoms with E-state index in [0.29, 0.717) is 56.0 Å². The Kier molecular flexibility index (Phi) is 14.3. The van der Waals surface area contributed by atoms with Crippen molar-refractivity contribution in [1.82, 2.24) is 0 Å². The van der Waals surface area contributed by atoms with Crippen LogP contribution in [0.5, 0.6) is 23.0 Å². The monoisotopic (exact) mass is 633 g/mol. The van der Waals surface area contributed by atoms with Crippen LogP contribution in [0.4, 0.5) is 0 Å². The summed E-state index contributed by atoms with van der Waals surface area (Å²) >= 11 is 0. The van der Waals surface area contributed by atoms with Gasteiger partial charge >= 0.3 is 0 Å². The molecule has 244 valence electrons. The molecule has 0 saturated heterocycles. The molecule has 0 aliphatic heterocycles. The maximum Gasteiger partial charge on any atom is 0.163 e. The molecule has 7 heteroatoms. The number of hydrogen-bond acceptors (Lipinski definition) is 7. The van der Waals surface area contributed by atoms with Crippen molar-refractivity contribution in [2.45, 2.75) is 45.8 Å². The molecule has 47 heavy (non-hydrogen) atoms. The van der Waals surface area contributed by atoms with Gasteiger partial charge in [0.15, 0.2) is 34.6 Å². The van der Waals surface area contributed by atoms with Crippen LogP contribution < -0.4 is 24.7 Å². The molecule has 0 aliphatic rings. The molecule has 0 unspecified atom stereocenters. The van der Waals surface area contributed by atoms with E-state index in [1.165, 1.54) is 12.2 Å². The Hall–Kier alpha value is -5.14. The third-order valence-corrected chi connectivity index (χ3v) is 7.04. The number of nitrogens with two attached hydrogens (primary N) is 1. The number of allylic oxidation sites excluding steroid dienone is 2. The Bertz CT molecular complexity index is 1490. The second-order valence-corrected chi connectivity index (χ2v) is 10.9. The number of rotatable bonds is 20. The second kappa shape index (κ2) is 19.4. The van der Waals surface area contributed by atoms with Gasteiger partial charge in [0, 0.05) is 0 Å². The van der Waals surface area contributed by atoms with Gasteiger partial charge < -0.3 is 24.7 Å². The van der Waals surface area contributed by atoms with Crippen molar-refractivity contribution in [3.05, 3.63) is 131 Å². The fourth-order valence-corrected chi connectivity index (χ4v) is 4.45. The standard InChI is InChI=1S/C40H43NO6/c1-2-3-24-44-37-21-17-31(26-39(37)46-29-33-11-6-4-7-12-33)15-19-35(42)28-36(43)20-16-32-18-22-38(45-25-10-23-41)40(27-32)47-30-34-13-8-5-9-14-34/h4-9,11-22,26-27H,2-3,10,23-25,28-30,41H2,1H3/b19-15+,20-16+. The molecule has 0 aliphatic carbocycles. The molecule has 0 bridgehead atoms. The summed E-state index contributed by atoms with van der Waals surface area (Å²) < 4.78 is 24.0. The van der Waals surface area contributed by atoms with Crippen molar-refractivity contribution in [1.29, 1.82) is 0 Å². The smallest absolute Gasteiger partial charge is 0.163 e. The Balaban J connectivity index is 1.37. The van der Waals surface area contributed by atoms with E-state index in [2.05, 4.69) is 6.92 Å². The zero-order valence-electron chi connectivity index (χ0n) is 26.9. The van der Waals surface area contributed by atoms with E-state index in [1.807, 2.05) is 97.1 Å². The number of unbranched alkanes of at least 4 members (excludes halogenated alkanes) is 1. The predicted molar refractivity (Wildman–Crippen MR) is 187 cm³/mol. The summed E-state index contributed by atoms with van der Waals surface area (Å²) in [5.74, 6) is 1.82. The van der Waals surface area contributed by atoms with Crippen LogP contribution in [-0.2, 0) is 22.8 Å². The average molecular weight is 634 g/mol. The number of hydrogen-bond donors (Lipinski definition) is 1. The quantitative estimate of drug-likeness (QED) is 0.0598. The van der Waals surface area contributed by atoms with Gasteiger partial charge in [0.2, 0.25) is 0 Å². The topological polar surface area (TPSA) is 97.1 Å². The van der Waals surface area contributed by atoms with Crippen LogP contribution in [0.1, 0.15) is 54.9 Å². The summed E-state index contributed by atoms with van der Waals surface area (Å²) in [4.78, 5) is 25.3. The zero-order valence-corrected chi connectivity index (χ0v) is 26.9. The Morgan fingerprint density at radius 1 is 0.596 bits per heavy atom. The third-order valence-electron chi connectivity index (χ3n) is 7.04. The average Bonchev–Trinajstić information content (AvgIpc) is 3.10. The predicted octanol–water partition coefficient (Wildman–Crippen LogP) is 8.01. The third kappa shape index (κ3) is 12.3. The summed E-state index contributed by atoms with van der Waals surface area (Å²) in [6.45, 7) is 4.47. The van der Waals surface area contributed by atoms with Crippen molar-refractivity contribution in [2.24, 2.45) is 5.73 Å². The van der Waals surface area contributed by atoms with Crippen LogP contribution in [0.2, 0.25) is 0 Å². The summed E-state index contributed by atoms with van der Waals surface area (Å²) in [6.07, 6.45) is 8.62. The van der Waals surface area contributed by atoms with E-state index in [1.54, 1.807) is 12.2 Å². The summed E-state index contributed by atoms with van der Waals surface area (Å²) in [5, 5.41) is 0. The second-order valence-electron chi connectivity index (χ2n) is 10.9. The number of benzene rings is 4. The lowest BCUT2D eigenvalue weighted by atomic mass is 10.1. The number of carbonyl (C=O) groups excluding carboxylic acids is 2. The van der Waals surface area contributed by atoms with Gasteiger partial charge in [-0.25, -0.2) is 0 Å². The van der Waals surface area contributed by atoms with Gasteiger partial charge in [0.05, 0.1) is 19.6 Å². The SMILES string of the molecule is CCCCOc1ccc(/C=C/C(=O)CC(=O)/C=C/c2ccc(OCCCN)c(OCc3ccccc3)c2)cc1OCc1ccccc1. The fraction of sp³-hybridized carbons (Fsp3) is 0.250. The van der Waals surface area contributed by atoms with Gasteiger partial charge in [-0.1, -0.05) is 98.3 Å². The Morgan fingerprint density at radius 3 is 1.51 bits per heavy atom. The molecular weight excluding hydrogens is 590 g/mol.